The first-order valence-corrected chi connectivity index (χ1v) is 5.30. The van der Waals surface area contributed by atoms with E-state index in [-0.39, 0.29) is 6.03 Å². The Morgan fingerprint density at radius 1 is 1.00 bits per heavy atom. The SMILES string of the molecule is Cc1ccc(NC(=O)Nc2ccccc2)cn1. The van der Waals surface area contributed by atoms with Gasteiger partial charge in [0.2, 0.25) is 0 Å². The number of amides is 2. The number of hydrogen-bond acceptors (Lipinski definition) is 2. The number of benzene rings is 1. The summed E-state index contributed by atoms with van der Waals surface area (Å²) < 4.78 is 0. The van der Waals surface area contributed by atoms with Crippen molar-refractivity contribution < 1.29 is 4.79 Å². The minimum absolute atomic E-state index is 0.276. The van der Waals surface area contributed by atoms with E-state index in [1.807, 2.05) is 49.4 Å². The van der Waals surface area contributed by atoms with Crippen LogP contribution in [0.1, 0.15) is 5.69 Å². The van der Waals surface area contributed by atoms with Crippen molar-refractivity contribution >= 4 is 17.4 Å². The third kappa shape index (κ3) is 3.31. The second-order valence-corrected chi connectivity index (χ2v) is 3.63. The van der Waals surface area contributed by atoms with Gasteiger partial charge in [0.1, 0.15) is 0 Å². The molecule has 0 unspecified atom stereocenters. The zero-order valence-corrected chi connectivity index (χ0v) is 9.47. The second kappa shape index (κ2) is 5.12. The molecule has 2 amide bonds. The zero-order chi connectivity index (χ0) is 12.1. The van der Waals surface area contributed by atoms with Crippen LogP contribution in [0.4, 0.5) is 16.2 Å². The molecule has 0 aliphatic carbocycles. The molecule has 2 N–H and O–H groups in total. The Kier molecular flexibility index (Phi) is 3.35. The van der Waals surface area contributed by atoms with Crippen molar-refractivity contribution in [1.82, 2.24) is 4.98 Å². The summed E-state index contributed by atoms with van der Waals surface area (Å²) in [5, 5.41) is 5.43. The fourth-order valence-electron chi connectivity index (χ4n) is 1.36. The summed E-state index contributed by atoms with van der Waals surface area (Å²) in [6, 6.07) is 12.7. The molecule has 0 saturated carbocycles. The highest BCUT2D eigenvalue weighted by atomic mass is 16.2. The predicted molar refractivity (Wildman–Crippen MR) is 68.1 cm³/mol. The van der Waals surface area contributed by atoms with Gasteiger partial charge in [0.25, 0.3) is 0 Å². The Morgan fingerprint density at radius 2 is 1.71 bits per heavy atom. The number of anilines is 2. The highest BCUT2D eigenvalue weighted by Crippen LogP contribution is 2.08. The standard InChI is InChI=1S/C13H13N3O/c1-10-7-8-12(9-14-10)16-13(17)15-11-5-3-2-4-6-11/h2-9H,1H3,(H2,15,16,17). The fraction of sp³-hybridized carbons (Fsp3) is 0.0769. The lowest BCUT2D eigenvalue weighted by molar-refractivity contribution is 0.262. The first-order valence-electron chi connectivity index (χ1n) is 5.30. The average Bonchev–Trinajstić information content (AvgIpc) is 2.33. The molecule has 1 aromatic carbocycles. The summed E-state index contributed by atoms with van der Waals surface area (Å²) >= 11 is 0. The zero-order valence-electron chi connectivity index (χ0n) is 9.47. The Bertz CT molecular complexity index is 494. The van der Waals surface area contributed by atoms with Gasteiger partial charge in [0, 0.05) is 11.4 Å². The van der Waals surface area contributed by atoms with Crippen LogP contribution in [0.2, 0.25) is 0 Å². The van der Waals surface area contributed by atoms with Gasteiger partial charge < -0.3 is 10.6 Å². The van der Waals surface area contributed by atoms with Crippen molar-refractivity contribution in [3.8, 4) is 0 Å². The van der Waals surface area contributed by atoms with Crippen LogP contribution in [0, 0.1) is 6.92 Å². The van der Waals surface area contributed by atoms with Gasteiger partial charge in [-0.3, -0.25) is 4.98 Å². The number of urea groups is 1. The third-order valence-electron chi connectivity index (χ3n) is 2.20. The van der Waals surface area contributed by atoms with Gasteiger partial charge >= 0.3 is 6.03 Å². The summed E-state index contributed by atoms with van der Waals surface area (Å²) in [5.41, 5.74) is 2.34. The van der Waals surface area contributed by atoms with Gasteiger partial charge in [-0.05, 0) is 31.2 Å². The van der Waals surface area contributed by atoms with Crippen LogP contribution >= 0.6 is 0 Å². The quantitative estimate of drug-likeness (QED) is 0.828. The minimum atomic E-state index is -0.276. The predicted octanol–water partition coefficient (Wildman–Crippen LogP) is 3.03. The molecule has 0 bridgehead atoms. The highest BCUT2D eigenvalue weighted by Gasteiger charge is 2.01. The second-order valence-electron chi connectivity index (χ2n) is 3.63. The van der Waals surface area contributed by atoms with E-state index >= 15 is 0 Å². The number of aromatic nitrogens is 1. The Morgan fingerprint density at radius 3 is 2.35 bits per heavy atom. The van der Waals surface area contributed by atoms with Crippen LogP contribution in [0.3, 0.4) is 0 Å². The molecule has 0 aliphatic rings. The molecule has 17 heavy (non-hydrogen) atoms. The van der Waals surface area contributed by atoms with E-state index in [4.69, 9.17) is 0 Å². The van der Waals surface area contributed by atoms with Crippen LogP contribution in [0.15, 0.2) is 48.7 Å². The molecule has 2 rings (SSSR count). The number of aryl methyl sites for hydroxylation is 1. The van der Waals surface area contributed by atoms with Crippen LogP contribution in [0.25, 0.3) is 0 Å². The largest absolute Gasteiger partial charge is 0.323 e. The van der Waals surface area contributed by atoms with Gasteiger partial charge in [-0.15, -0.1) is 0 Å². The number of nitrogens with one attached hydrogen (secondary N) is 2. The lowest BCUT2D eigenvalue weighted by atomic mass is 10.3. The minimum Gasteiger partial charge on any atom is -0.308 e. The maximum atomic E-state index is 11.6. The monoisotopic (exact) mass is 227 g/mol. The molecule has 1 aromatic heterocycles. The number of rotatable bonds is 2. The van der Waals surface area contributed by atoms with Gasteiger partial charge in [-0.2, -0.15) is 0 Å². The van der Waals surface area contributed by atoms with Crippen LogP contribution in [-0.2, 0) is 0 Å². The van der Waals surface area contributed by atoms with Crippen molar-refractivity contribution in [2.45, 2.75) is 6.92 Å². The molecule has 86 valence electrons. The molecular weight excluding hydrogens is 214 g/mol. The van der Waals surface area contributed by atoms with E-state index in [1.165, 1.54) is 0 Å². The van der Waals surface area contributed by atoms with E-state index in [1.54, 1.807) is 6.20 Å². The molecule has 0 fully saturated rings. The molecule has 2 aromatic rings. The lowest BCUT2D eigenvalue weighted by Crippen LogP contribution is -2.19. The van der Waals surface area contributed by atoms with E-state index in [0.29, 0.717) is 5.69 Å². The van der Waals surface area contributed by atoms with Gasteiger partial charge in [-0.25, -0.2) is 4.79 Å². The molecule has 4 nitrogen and oxygen atoms in total. The van der Waals surface area contributed by atoms with Crippen molar-refractivity contribution in [3.63, 3.8) is 0 Å². The highest BCUT2D eigenvalue weighted by molar-refractivity contribution is 5.99. The van der Waals surface area contributed by atoms with Crippen LogP contribution in [-0.4, -0.2) is 11.0 Å². The van der Waals surface area contributed by atoms with Gasteiger partial charge in [-0.1, -0.05) is 18.2 Å². The van der Waals surface area contributed by atoms with E-state index in [2.05, 4.69) is 15.6 Å². The molecule has 0 saturated heterocycles. The first-order chi connectivity index (χ1) is 8.24. The molecule has 0 spiro atoms. The summed E-state index contributed by atoms with van der Waals surface area (Å²) in [4.78, 5) is 15.7. The van der Waals surface area contributed by atoms with Gasteiger partial charge in [0.15, 0.2) is 0 Å². The number of para-hydroxylation sites is 1. The normalized spacial score (nSPS) is 9.71. The topological polar surface area (TPSA) is 54.0 Å². The molecule has 0 radical (unpaired) electrons. The first kappa shape index (κ1) is 11.1. The van der Waals surface area contributed by atoms with Crippen LogP contribution < -0.4 is 10.6 Å². The molecule has 1 heterocycles. The Hall–Kier alpha value is -2.36. The number of pyridine rings is 1. The van der Waals surface area contributed by atoms with E-state index < -0.39 is 0 Å². The Labute approximate surface area is 99.7 Å². The molecule has 0 atom stereocenters. The number of carbonyl (C=O) groups excluding carboxylic acids is 1. The average molecular weight is 227 g/mol. The summed E-state index contributed by atoms with van der Waals surface area (Å²) in [6.45, 7) is 1.90. The van der Waals surface area contributed by atoms with Crippen molar-refractivity contribution in [1.29, 1.82) is 0 Å². The number of nitrogens with zero attached hydrogens (tertiary/aromatic N) is 1. The fourth-order valence-corrected chi connectivity index (χ4v) is 1.36. The summed E-state index contributed by atoms with van der Waals surface area (Å²) in [6.07, 6.45) is 1.62. The van der Waals surface area contributed by atoms with Gasteiger partial charge in [0.05, 0.1) is 11.9 Å². The maximum absolute atomic E-state index is 11.6. The number of hydrogen-bond donors (Lipinski definition) is 2. The number of carbonyl (C=O) groups is 1. The van der Waals surface area contributed by atoms with E-state index in [0.717, 1.165) is 11.4 Å². The molecular formula is C13H13N3O. The van der Waals surface area contributed by atoms with Crippen molar-refractivity contribution in [2.75, 3.05) is 10.6 Å². The van der Waals surface area contributed by atoms with E-state index in [9.17, 15) is 4.79 Å². The lowest BCUT2D eigenvalue weighted by Gasteiger charge is -2.07. The summed E-state index contributed by atoms with van der Waals surface area (Å²) in [7, 11) is 0. The Balaban J connectivity index is 1.96. The smallest absolute Gasteiger partial charge is 0.308 e. The maximum Gasteiger partial charge on any atom is 0.323 e. The molecule has 4 heteroatoms. The molecule has 0 aliphatic heterocycles. The van der Waals surface area contributed by atoms with Crippen molar-refractivity contribution in [3.05, 3.63) is 54.4 Å². The van der Waals surface area contributed by atoms with Crippen molar-refractivity contribution in [2.24, 2.45) is 0 Å². The van der Waals surface area contributed by atoms with Crippen LogP contribution in [0.5, 0.6) is 0 Å². The summed E-state index contributed by atoms with van der Waals surface area (Å²) in [5.74, 6) is 0. The third-order valence-corrected chi connectivity index (χ3v) is 2.20.